The fourth-order valence-electron chi connectivity index (χ4n) is 0.515. The number of hydrogen-bond acceptors (Lipinski definition) is 2. The van der Waals surface area contributed by atoms with E-state index in [0.717, 1.165) is 24.3 Å². The van der Waals surface area contributed by atoms with Crippen molar-refractivity contribution in [2.24, 2.45) is 0 Å². The number of allylic oxidation sites excluding steroid dienone is 1. The van der Waals surface area contributed by atoms with Crippen molar-refractivity contribution in [3.05, 3.63) is 12.2 Å². The number of hydrogen-bond donors (Lipinski definition) is 1. The van der Waals surface area contributed by atoms with Gasteiger partial charge in [-0.2, -0.15) is 11.8 Å². The average Bonchev–Trinajstić information content (AvgIpc) is 1.87. The minimum atomic E-state index is 0.320. The first kappa shape index (κ1) is 10.0. The predicted octanol–water partition coefficient (Wildman–Crippen LogP) is 2.07. The zero-order valence-corrected chi connectivity index (χ0v) is 7.41. The minimum Gasteiger partial charge on any atom is -0.396 e. The Morgan fingerprint density at radius 3 is 2.70 bits per heavy atom. The molecule has 10 heavy (non-hydrogen) atoms. The highest BCUT2D eigenvalue weighted by molar-refractivity contribution is 7.99. The number of rotatable bonds is 6. The topological polar surface area (TPSA) is 20.2 Å². The highest BCUT2D eigenvalue weighted by atomic mass is 32.2. The fraction of sp³-hybridized carbons (Fsp3) is 0.750. The molecule has 0 aliphatic heterocycles. The average molecular weight is 160 g/mol. The van der Waals surface area contributed by atoms with Gasteiger partial charge in [-0.25, -0.2) is 0 Å². The third-order valence-corrected chi connectivity index (χ3v) is 2.19. The lowest BCUT2D eigenvalue weighted by Gasteiger charge is -1.98. The second kappa shape index (κ2) is 7.16. The molecule has 0 saturated carbocycles. The zero-order chi connectivity index (χ0) is 7.82. The van der Waals surface area contributed by atoms with Crippen molar-refractivity contribution in [2.75, 3.05) is 18.1 Å². The molecule has 0 unspecified atom stereocenters. The second-order valence-electron chi connectivity index (χ2n) is 2.40. The van der Waals surface area contributed by atoms with Gasteiger partial charge >= 0.3 is 0 Å². The molecule has 0 aromatic heterocycles. The maximum absolute atomic E-state index is 8.44. The quantitative estimate of drug-likeness (QED) is 0.474. The van der Waals surface area contributed by atoms with Gasteiger partial charge in [0.2, 0.25) is 0 Å². The van der Waals surface area contributed by atoms with Crippen molar-refractivity contribution in [1.82, 2.24) is 0 Å². The molecule has 1 N–H and O–H groups in total. The third-order valence-electron chi connectivity index (χ3n) is 1.12. The smallest absolute Gasteiger partial charge is 0.0438 e. The van der Waals surface area contributed by atoms with Gasteiger partial charge < -0.3 is 5.11 Å². The van der Waals surface area contributed by atoms with Crippen LogP contribution in [0.5, 0.6) is 0 Å². The highest BCUT2D eigenvalue weighted by Crippen LogP contribution is 2.07. The summed E-state index contributed by atoms with van der Waals surface area (Å²) in [6, 6.07) is 0. The summed E-state index contributed by atoms with van der Waals surface area (Å²) < 4.78 is 0. The highest BCUT2D eigenvalue weighted by Gasteiger charge is 1.88. The van der Waals surface area contributed by atoms with Crippen molar-refractivity contribution in [3.63, 3.8) is 0 Å². The molecule has 0 aliphatic rings. The summed E-state index contributed by atoms with van der Waals surface area (Å²) in [5.41, 5.74) is 1.25. The lowest BCUT2D eigenvalue weighted by Crippen LogP contribution is -1.87. The van der Waals surface area contributed by atoms with Crippen LogP contribution in [0.25, 0.3) is 0 Å². The van der Waals surface area contributed by atoms with E-state index in [1.54, 1.807) is 0 Å². The standard InChI is InChI=1S/C8H16OS/c1-8(2)4-7-10-6-3-5-9/h9H,1,3-7H2,2H3. The van der Waals surface area contributed by atoms with Crippen LogP contribution in [0, 0.1) is 0 Å². The van der Waals surface area contributed by atoms with Crippen LogP contribution in [0.15, 0.2) is 12.2 Å². The summed E-state index contributed by atoms with van der Waals surface area (Å²) in [7, 11) is 0. The molecular formula is C8H16OS. The summed E-state index contributed by atoms with van der Waals surface area (Å²) >= 11 is 1.89. The van der Waals surface area contributed by atoms with Gasteiger partial charge in [-0.15, -0.1) is 6.58 Å². The summed E-state index contributed by atoms with van der Waals surface area (Å²) in [5, 5.41) is 8.44. The van der Waals surface area contributed by atoms with E-state index in [2.05, 4.69) is 6.58 Å². The van der Waals surface area contributed by atoms with Gasteiger partial charge in [0.15, 0.2) is 0 Å². The van der Waals surface area contributed by atoms with E-state index < -0.39 is 0 Å². The molecule has 0 bridgehead atoms. The number of thioether (sulfide) groups is 1. The summed E-state index contributed by atoms with van der Waals surface area (Å²) in [6.07, 6.45) is 2.02. The third kappa shape index (κ3) is 8.05. The summed E-state index contributed by atoms with van der Waals surface area (Å²) in [6.45, 7) is 6.18. The van der Waals surface area contributed by atoms with Crippen molar-refractivity contribution in [1.29, 1.82) is 0 Å². The van der Waals surface area contributed by atoms with Crippen LogP contribution in [0.1, 0.15) is 19.8 Å². The molecule has 0 rings (SSSR count). The Morgan fingerprint density at radius 2 is 2.20 bits per heavy atom. The molecule has 0 spiro atoms. The second-order valence-corrected chi connectivity index (χ2v) is 3.62. The summed E-state index contributed by atoms with van der Waals surface area (Å²) in [5.74, 6) is 2.22. The molecule has 1 nitrogen and oxygen atoms in total. The first-order valence-corrected chi connectivity index (χ1v) is 4.76. The first-order valence-electron chi connectivity index (χ1n) is 3.60. The summed E-state index contributed by atoms with van der Waals surface area (Å²) in [4.78, 5) is 0. The lowest BCUT2D eigenvalue weighted by atomic mass is 10.3. The van der Waals surface area contributed by atoms with E-state index in [0.29, 0.717) is 6.61 Å². The zero-order valence-electron chi connectivity index (χ0n) is 6.60. The van der Waals surface area contributed by atoms with Crippen LogP contribution < -0.4 is 0 Å². The Hall–Kier alpha value is 0.0500. The molecule has 0 radical (unpaired) electrons. The van der Waals surface area contributed by atoms with Gasteiger partial charge in [0, 0.05) is 6.61 Å². The van der Waals surface area contributed by atoms with E-state index in [-0.39, 0.29) is 0 Å². The Morgan fingerprint density at radius 1 is 1.50 bits per heavy atom. The van der Waals surface area contributed by atoms with Crippen molar-refractivity contribution >= 4 is 11.8 Å². The maximum Gasteiger partial charge on any atom is 0.0438 e. The molecule has 0 amide bonds. The molecule has 0 heterocycles. The van der Waals surface area contributed by atoms with Crippen LogP contribution in [0.3, 0.4) is 0 Å². The van der Waals surface area contributed by atoms with Crippen molar-refractivity contribution in [3.8, 4) is 0 Å². The van der Waals surface area contributed by atoms with Crippen LogP contribution in [0.2, 0.25) is 0 Å². The lowest BCUT2D eigenvalue weighted by molar-refractivity contribution is 0.296. The fourth-order valence-corrected chi connectivity index (χ4v) is 1.55. The van der Waals surface area contributed by atoms with Gasteiger partial charge in [-0.1, -0.05) is 5.57 Å². The monoisotopic (exact) mass is 160 g/mol. The van der Waals surface area contributed by atoms with Crippen LogP contribution in [0.4, 0.5) is 0 Å². The SMILES string of the molecule is C=C(C)CCSCCCO. The Balaban J connectivity index is 2.84. The molecule has 0 aromatic rings. The van der Waals surface area contributed by atoms with Crippen LogP contribution in [-0.2, 0) is 0 Å². The van der Waals surface area contributed by atoms with E-state index in [9.17, 15) is 0 Å². The van der Waals surface area contributed by atoms with Gasteiger partial charge in [0.1, 0.15) is 0 Å². The van der Waals surface area contributed by atoms with Gasteiger partial charge in [-0.3, -0.25) is 0 Å². The predicted molar refractivity (Wildman–Crippen MR) is 48.5 cm³/mol. The van der Waals surface area contributed by atoms with E-state index in [4.69, 9.17) is 5.11 Å². The first-order chi connectivity index (χ1) is 4.77. The molecule has 0 saturated heterocycles. The van der Waals surface area contributed by atoms with E-state index in [1.807, 2.05) is 18.7 Å². The van der Waals surface area contributed by atoms with Crippen LogP contribution >= 0.6 is 11.8 Å². The Bertz CT molecular complexity index is 91.3. The normalized spacial score (nSPS) is 9.80. The van der Waals surface area contributed by atoms with E-state index >= 15 is 0 Å². The molecule has 0 fully saturated rings. The molecule has 0 atom stereocenters. The molecule has 0 aromatic carbocycles. The molecular weight excluding hydrogens is 144 g/mol. The van der Waals surface area contributed by atoms with Crippen molar-refractivity contribution in [2.45, 2.75) is 19.8 Å². The largest absolute Gasteiger partial charge is 0.396 e. The molecule has 2 heteroatoms. The number of aliphatic hydroxyl groups excluding tert-OH is 1. The van der Waals surface area contributed by atoms with Gasteiger partial charge in [-0.05, 0) is 31.3 Å². The Kier molecular flexibility index (Phi) is 7.20. The van der Waals surface area contributed by atoms with Gasteiger partial charge in [0.25, 0.3) is 0 Å². The van der Waals surface area contributed by atoms with Gasteiger partial charge in [0.05, 0.1) is 0 Å². The molecule has 60 valence electrons. The molecule has 0 aliphatic carbocycles. The van der Waals surface area contributed by atoms with Crippen molar-refractivity contribution < 1.29 is 5.11 Å². The minimum absolute atomic E-state index is 0.320. The Labute approximate surface area is 67.5 Å². The van der Waals surface area contributed by atoms with Crippen LogP contribution in [-0.4, -0.2) is 23.2 Å². The number of aliphatic hydroxyl groups is 1. The maximum atomic E-state index is 8.44. The van der Waals surface area contributed by atoms with E-state index in [1.165, 1.54) is 5.57 Å².